The molecule has 4 nitrogen and oxygen atoms in total. The summed E-state index contributed by atoms with van der Waals surface area (Å²) in [6, 6.07) is 16.1. The number of carbonyl (C=O) groups is 1. The monoisotopic (exact) mass is 431 g/mol. The summed E-state index contributed by atoms with van der Waals surface area (Å²) in [7, 11) is 0. The van der Waals surface area contributed by atoms with Gasteiger partial charge in [0.1, 0.15) is 0 Å². The van der Waals surface area contributed by atoms with Gasteiger partial charge in [-0.3, -0.25) is 4.79 Å². The number of benzene rings is 2. The largest absolute Gasteiger partial charge is 0.345 e. The highest BCUT2D eigenvalue weighted by atomic mass is 35.5. The lowest BCUT2D eigenvalue weighted by Crippen LogP contribution is -2.48. The number of anilines is 1. The molecular weight excluding hydrogens is 410 g/mol. The smallest absolute Gasteiger partial charge is 0.222 e. The number of aromatic nitrogens is 1. The molecule has 2 heterocycles. The number of amides is 1. The summed E-state index contributed by atoms with van der Waals surface area (Å²) in [6.45, 7) is 3.19. The van der Waals surface area contributed by atoms with Crippen LogP contribution in [-0.4, -0.2) is 47.7 Å². The lowest BCUT2D eigenvalue weighted by atomic mass is 10.2. The second-order valence-electron chi connectivity index (χ2n) is 6.74. The molecule has 1 fully saturated rings. The SMILES string of the molecule is O=C(CCCSc1ccccc1)N1CCN(c2nc3ccc(Cl)cc3s2)CC1. The maximum Gasteiger partial charge on any atom is 0.222 e. The first-order valence-electron chi connectivity index (χ1n) is 9.46. The number of hydrogen-bond acceptors (Lipinski definition) is 5. The van der Waals surface area contributed by atoms with Crippen LogP contribution in [0.1, 0.15) is 12.8 Å². The minimum absolute atomic E-state index is 0.268. The molecule has 0 unspecified atom stereocenters. The zero-order valence-electron chi connectivity index (χ0n) is 15.5. The number of nitrogens with zero attached hydrogens (tertiary/aromatic N) is 3. The van der Waals surface area contributed by atoms with Crippen LogP contribution in [0.25, 0.3) is 10.2 Å². The summed E-state index contributed by atoms with van der Waals surface area (Å²) in [5.74, 6) is 1.24. The molecule has 1 aliphatic rings. The topological polar surface area (TPSA) is 36.4 Å². The molecule has 0 N–H and O–H groups in total. The standard InChI is InChI=1S/C21H22ClN3OS2/c22-16-8-9-18-19(15-16)28-21(23-18)25-12-10-24(11-13-25)20(26)7-4-14-27-17-5-2-1-3-6-17/h1-3,5-6,8-9,15H,4,7,10-14H2. The number of fused-ring (bicyclic) bond motifs is 1. The van der Waals surface area contributed by atoms with Crippen molar-refractivity contribution < 1.29 is 4.79 Å². The van der Waals surface area contributed by atoms with E-state index < -0.39 is 0 Å². The predicted molar refractivity (Wildman–Crippen MR) is 120 cm³/mol. The molecule has 4 rings (SSSR count). The third-order valence-corrected chi connectivity index (χ3v) is 7.20. The number of rotatable bonds is 6. The van der Waals surface area contributed by atoms with Gasteiger partial charge >= 0.3 is 0 Å². The van der Waals surface area contributed by atoms with Gasteiger partial charge in [0.05, 0.1) is 10.2 Å². The van der Waals surface area contributed by atoms with Crippen LogP contribution in [0, 0.1) is 0 Å². The van der Waals surface area contributed by atoms with Gasteiger partial charge in [-0.1, -0.05) is 41.1 Å². The first-order chi connectivity index (χ1) is 13.7. The van der Waals surface area contributed by atoms with E-state index in [9.17, 15) is 4.79 Å². The van der Waals surface area contributed by atoms with Gasteiger partial charge in [0.2, 0.25) is 5.91 Å². The van der Waals surface area contributed by atoms with Crippen molar-refractivity contribution in [2.24, 2.45) is 0 Å². The number of piperazine rings is 1. The maximum atomic E-state index is 12.5. The van der Waals surface area contributed by atoms with Crippen molar-refractivity contribution >= 4 is 56.0 Å². The van der Waals surface area contributed by atoms with Crippen molar-refractivity contribution in [2.75, 3.05) is 36.8 Å². The maximum absolute atomic E-state index is 12.5. The van der Waals surface area contributed by atoms with Crippen molar-refractivity contribution in [1.82, 2.24) is 9.88 Å². The molecule has 1 aromatic heterocycles. The van der Waals surface area contributed by atoms with Crippen LogP contribution in [0.3, 0.4) is 0 Å². The highest BCUT2D eigenvalue weighted by Gasteiger charge is 2.22. The van der Waals surface area contributed by atoms with Crippen LogP contribution >= 0.6 is 34.7 Å². The van der Waals surface area contributed by atoms with Crippen LogP contribution in [-0.2, 0) is 4.79 Å². The third-order valence-electron chi connectivity index (χ3n) is 4.79. The summed E-state index contributed by atoms with van der Waals surface area (Å²) < 4.78 is 1.11. The minimum atomic E-state index is 0.268. The van der Waals surface area contributed by atoms with Crippen molar-refractivity contribution in [2.45, 2.75) is 17.7 Å². The molecule has 1 aliphatic heterocycles. The molecule has 3 aromatic rings. The molecule has 0 radical (unpaired) electrons. The number of thiazole rings is 1. The Morgan fingerprint density at radius 3 is 2.68 bits per heavy atom. The summed E-state index contributed by atoms with van der Waals surface area (Å²) in [5, 5.41) is 1.76. The van der Waals surface area contributed by atoms with Crippen molar-refractivity contribution in [1.29, 1.82) is 0 Å². The zero-order valence-corrected chi connectivity index (χ0v) is 17.9. The average Bonchev–Trinajstić information content (AvgIpc) is 3.15. The Balaban J connectivity index is 1.23. The lowest BCUT2D eigenvalue weighted by molar-refractivity contribution is -0.131. The van der Waals surface area contributed by atoms with E-state index in [0.717, 1.165) is 58.7 Å². The number of hydrogen-bond donors (Lipinski definition) is 0. The first kappa shape index (κ1) is 19.6. The van der Waals surface area contributed by atoms with Crippen LogP contribution < -0.4 is 4.90 Å². The van der Waals surface area contributed by atoms with Crippen LogP contribution in [0.5, 0.6) is 0 Å². The van der Waals surface area contributed by atoms with Crippen LogP contribution in [0.4, 0.5) is 5.13 Å². The number of halogens is 1. The molecule has 0 atom stereocenters. The lowest BCUT2D eigenvalue weighted by Gasteiger charge is -2.34. The predicted octanol–water partition coefficient (Wildman–Crippen LogP) is 5.17. The molecule has 0 saturated carbocycles. The fourth-order valence-corrected chi connectivity index (χ4v) is 5.42. The summed E-state index contributed by atoms with van der Waals surface area (Å²) >= 11 is 9.56. The van der Waals surface area contributed by atoms with E-state index in [1.807, 2.05) is 53.1 Å². The van der Waals surface area contributed by atoms with E-state index in [0.29, 0.717) is 6.42 Å². The van der Waals surface area contributed by atoms with E-state index in [1.165, 1.54) is 4.90 Å². The fourth-order valence-electron chi connectivity index (χ4n) is 3.26. The number of carbonyl (C=O) groups excluding carboxylic acids is 1. The molecule has 1 amide bonds. The quantitative estimate of drug-likeness (QED) is 0.398. The fraction of sp³-hybridized carbons (Fsp3) is 0.333. The number of thioether (sulfide) groups is 1. The highest BCUT2D eigenvalue weighted by molar-refractivity contribution is 7.99. The molecule has 28 heavy (non-hydrogen) atoms. The molecular formula is C21H22ClN3OS2. The van der Waals surface area contributed by atoms with E-state index in [2.05, 4.69) is 17.0 Å². The van der Waals surface area contributed by atoms with E-state index in [-0.39, 0.29) is 5.91 Å². The third kappa shape index (κ3) is 4.80. The van der Waals surface area contributed by atoms with Gasteiger partial charge in [0.25, 0.3) is 0 Å². The Labute approximate surface area is 178 Å². The van der Waals surface area contributed by atoms with Crippen LogP contribution in [0.15, 0.2) is 53.4 Å². The summed E-state index contributed by atoms with van der Waals surface area (Å²) in [6.07, 6.45) is 1.54. The van der Waals surface area contributed by atoms with E-state index in [1.54, 1.807) is 11.3 Å². The summed E-state index contributed by atoms with van der Waals surface area (Å²) in [4.78, 5) is 22.7. The van der Waals surface area contributed by atoms with Gasteiger partial charge in [-0.25, -0.2) is 4.98 Å². The molecule has 0 spiro atoms. The Bertz CT molecular complexity index is 939. The van der Waals surface area contributed by atoms with Gasteiger partial charge < -0.3 is 9.80 Å². The molecule has 1 saturated heterocycles. The van der Waals surface area contributed by atoms with Crippen molar-refractivity contribution in [3.05, 3.63) is 53.6 Å². The molecule has 0 aliphatic carbocycles. The normalized spacial score (nSPS) is 14.6. The molecule has 146 valence electrons. The summed E-state index contributed by atoms with van der Waals surface area (Å²) in [5.41, 5.74) is 0.985. The Morgan fingerprint density at radius 2 is 1.89 bits per heavy atom. The molecule has 0 bridgehead atoms. The van der Waals surface area contributed by atoms with Gasteiger partial charge in [0, 0.05) is 42.5 Å². The zero-order chi connectivity index (χ0) is 19.3. The van der Waals surface area contributed by atoms with Gasteiger partial charge in [-0.05, 0) is 42.5 Å². The van der Waals surface area contributed by atoms with E-state index >= 15 is 0 Å². The van der Waals surface area contributed by atoms with Gasteiger partial charge in [0.15, 0.2) is 5.13 Å². The van der Waals surface area contributed by atoms with E-state index in [4.69, 9.17) is 16.6 Å². The Morgan fingerprint density at radius 1 is 1.11 bits per heavy atom. The van der Waals surface area contributed by atoms with Crippen molar-refractivity contribution in [3.63, 3.8) is 0 Å². The minimum Gasteiger partial charge on any atom is -0.345 e. The highest BCUT2D eigenvalue weighted by Crippen LogP contribution is 2.31. The second kappa shape index (κ2) is 9.16. The average molecular weight is 432 g/mol. The second-order valence-corrected chi connectivity index (χ2v) is 9.36. The van der Waals surface area contributed by atoms with Gasteiger partial charge in [-0.2, -0.15) is 0 Å². The Hall–Kier alpha value is -1.76. The van der Waals surface area contributed by atoms with Crippen molar-refractivity contribution in [3.8, 4) is 0 Å². The Kier molecular flexibility index (Phi) is 6.40. The van der Waals surface area contributed by atoms with Gasteiger partial charge in [-0.15, -0.1) is 11.8 Å². The first-order valence-corrected chi connectivity index (χ1v) is 11.6. The molecule has 2 aromatic carbocycles. The molecule has 7 heteroatoms. The van der Waals surface area contributed by atoms with Crippen LogP contribution in [0.2, 0.25) is 5.02 Å².